The minimum Gasteiger partial charge on any atom is -0.497 e. The maximum Gasteiger partial charge on any atom is 0.266 e. The van der Waals surface area contributed by atoms with Crippen molar-refractivity contribution in [2.75, 3.05) is 25.2 Å². The monoisotopic (exact) mass is 471 g/mol. The first-order chi connectivity index (χ1) is 15.4. The molecule has 2 amide bonds. The molecule has 9 heteroatoms. The van der Waals surface area contributed by atoms with E-state index in [-0.39, 0.29) is 30.8 Å². The molecule has 1 aliphatic heterocycles. The van der Waals surface area contributed by atoms with Gasteiger partial charge in [-0.2, -0.15) is 0 Å². The number of anilines is 1. The summed E-state index contributed by atoms with van der Waals surface area (Å²) in [7, 11) is 1.59. The van der Waals surface area contributed by atoms with Gasteiger partial charge in [0.05, 0.1) is 7.11 Å². The molecule has 0 radical (unpaired) electrons. The van der Waals surface area contributed by atoms with Crippen molar-refractivity contribution < 1.29 is 19.1 Å². The fourth-order valence-corrected chi connectivity index (χ4v) is 3.79. The molecule has 0 aliphatic carbocycles. The SMILES string of the molecule is COc1ccc(CNC(=O)CN2C(=O)COc3cc(-c4cc(Cl)cc(Cl)c4)cnc32)cc1. The van der Waals surface area contributed by atoms with Gasteiger partial charge in [0.25, 0.3) is 5.91 Å². The van der Waals surface area contributed by atoms with E-state index in [2.05, 4.69) is 10.3 Å². The van der Waals surface area contributed by atoms with Gasteiger partial charge < -0.3 is 14.8 Å². The Morgan fingerprint density at radius 3 is 2.53 bits per heavy atom. The molecular weight excluding hydrogens is 453 g/mol. The van der Waals surface area contributed by atoms with E-state index in [4.69, 9.17) is 32.7 Å². The topological polar surface area (TPSA) is 80.8 Å². The Bertz CT molecular complexity index is 1150. The highest BCUT2D eigenvalue weighted by Gasteiger charge is 2.29. The molecule has 2 heterocycles. The van der Waals surface area contributed by atoms with Gasteiger partial charge in [0.2, 0.25) is 5.91 Å². The summed E-state index contributed by atoms with van der Waals surface area (Å²) in [4.78, 5) is 30.6. The third-order valence-corrected chi connectivity index (χ3v) is 5.32. The second kappa shape index (κ2) is 9.46. The summed E-state index contributed by atoms with van der Waals surface area (Å²) < 4.78 is 10.7. The highest BCUT2D eigenvalue weighted by Crippen LogP contribution is 2.35. The zero-order valence-electron chi connectivity index (χ0n) is 17.1. The van der Waals surface area contributed by atoms with E-state index in [1.165, 1.54) is 4.90 Å². The first kappa shape index (κ1) is 21.9. The molecular formula is C23H19Cl2N3O4. The van der Waals surface area contributed by atoms with Crippen molar-refractivity contribution >= 4 is 40.8 Å². The van der Waals surface area contributed by atoms with Crippen LogP contribution in [0.4, 0.5) is 5.82 Å². The first-order valence-corrected chi connectivity index (χ1v) is 10.5. The van der Waals surface area contributed by atoms with Crippen LogP contribution in [-0.4, -0.2) is 37.1 Å². The molecule has 164 valence electrons. The Morgan fingerprint density at radius 1 is 1.12 bits per heavy atom. The van der Waals surface area contributed by atoms with E-state index in [1.807, 2.05) is 24.3 Å². The Kier molecular flexibility index (Phi) is 6.48. The van der Waals surface area contributed by atoms with Gasteiger partial charge in [0.15, 0.2) is 18.2 Å². The number of benzene rings is 2. The normalized spacial score (nSPS) is 12.7. The van der Waals surface area contributed by atoms with Gasteiger partial charge in [-0.1, -0.05) is 35.3 Å². The van der Waals surface area contributed by atoms with Gasteiger partial charge >= 0.3 is 0 Å². The molecule has 1 N–H and O–H groups in total. The summed E-state index contributed by atoms with van der Waals surface area (Å²) in [5.41, 5.74) is 2.41. The predicted octanol–water partition coefficient (Wildman–Crippen LogP) is 4.11. The fourth-order valence-electron chi connectivity index (χ4n) is 3.27. The standard InChI is InChI=1S/C23H19Cl2N3O4/c1-31-19-4-2-14(3-5-19)10-26-21(29)12-28-22(30)13-32-20-8-16(11-27-23(20)28)15-6-17(24)9-18(25)7-15/h2-9,11H,10,12-13H2,1H3,(H,26,29). The van der Waals surface area contributed by atoms with Gasteiger partial charge in [-0.25, -0.2) is 4.98 Å². The van der Waals surface area contributed by atoms with Crippen molar-refractivity contribution in [3.8, 4) is 22.6 Å². The number of fused-ring (bicyclic) bond motifs is 1. The van der Waals surface area contributed by atoms with Crippen molar-refractivity contribution in [3.05, 3.63) is 70.3 Å². The van der Waals surface area contributed by atoms with Crippen LogP contribution in [0.3, 0.4) is 0 Å². The molecule has 0 saturated heterocycles. The number of aromatic nitrogens is 1. The number of ether oxygens (including phenoxy) is 2. The molecule has 0 spiro atoms. The van der Waals surface area contributed by atoms with E-state index in [9.17, 15) is 9.59 Å². The highest BCUT2D eigenvalue weighted by atomic mass is 35.5. The number of hydrogen-bond acceptors (Lipinski definition) is 5. The molecule has 1 aromatic heterocycles. The number of nitrogens with zero attached hydrogens (tertiary/aromatic N) is 2. The molecule has 0 bridgehead atoms. The average Bonchev–Trinajstić information content (AvgIpc) is 2.79. The number of pyridine rings is 1. The van der Waals surface area contributed by atoms with Gasteiger partial charge in [-0.15, -0.1) is 0 Å². The maximum atomic E-state index is 12.5. The number of rotatable bonds is 6. The number of carbonyl (C=O) groups is 2. The van der Waals surface area contributed by atoms with Crippen molar-refractivity contribution in [3.63, 3.8) is 0 Å². The summed E-state index contributed by atoms with van der Waals surface area (Å²) in [6.45, 7) is -0.0169. The van der Waals surface area contributed by atoms with E-state index < -0.39 is 0 Å². The summed E-state index contributed by atoms with van der Waals surface area (Å²) in [6, 6.07) is 14.3. The van der Waals surface area contributed by atoms with Crippen molar-refractivity contribution in [2.45, 2.75) is 6.54 Å². The molecule has 7 nitrogen and oxygen atoms in total. The van der Waals surface area contributed by atoms with E-state index in [0.29, 0.717) is 22.3 Å². The molecule has 0 saturated carbocycles. The third-order valence-electron chi connectivity index (χ3n) is 4.89. The van der Waals surface area contributed by atoms with Crippen LogP contribution in [0.25, 0.3) is 11.1 Å². The van der Waals surface area contributed by atoms with Crippen LogP contribution in [-0.2, 0) is 16.1 Å². The Hall–Kier alpha value is -3.29. The van der Waals surface area contributed by atoms with Gasteiger partial charge in [-0.3, -0.25) is 14.5 Å². The number of halogens is 2. The smallest absolute Gasteiger partial charge is 0.266 e. The summed E-state index contributed by atoms with van der Waals surface area (Å²) in [6.07, 6.45) is 1.59. The minimum absolute atomic E-state index is 0.166. The molecule has 0 unspecified atom stereocenters. The summed E-state index contributed by atoms with van der Waals surface area (Å²) in [5.74, 6) is 0.776. The number of amides is 2. The molecule has 4 rings (SSSR count). The van der Waals surface area contributed by atoms with Crippen molar-refractivity contribution in [1.82, 2.24) is 10.3 Å². The lowest BCUT2D eigenvalue weighted by molar-refractivity contribution is -0.125. The second-order valence-corrected chi connectivity index (χ2v) is 7.97. The van der Waals surface area contributed by atoms with Crippen LogP contribution in [0, 0.1) is 0 Å². The third kappa shape index (κ3) is 4.95. The average molecular weight is 472 g/mol. The zero-order chi connectivity index (χ0) is 22.7. The second-order valence-electron chi connectivity index (χ2n) is 7.10. The Morgan fingerprint density at radius 2 is 1.84 bits per heavy atom. The van der Waals surface area contributed by atoms with Crippen LogP contribution < -0.4 is 19.7 Å². The van der Waals surface area contributed by atoms with Crippen LogP contribution in [0.5, 0.6) is 11.5 Å². The van der Waals surface area contributed by atoms with Crippen LogP contribution in [0.1, 0.15) is 5.56 Å². The summed E-state index contributed by atoms with van der Waals surface area (Å²) >= 11 is 12.2. The largest absolute Gasteiger partial charge is 0.497 e. The Balaban J connectivity index is 1.48. The summed E-state index contributed by atoms with van der Waals surface area (Å²) in [5, 5.41) is 3.81. The van der Waals surface area contributed by atoms with E-state index in [0.717, 1.165) is 22.4 Å². The Labute approximate surface area is 194 Å². The van der Waals surface area contributed by atoms with Crippen LogP contribution in [0.2, 0.25) is 10.0 Å². The van der Waals surface area contributed by atoms with Crippen molar-refractivity contribution in [2.24, 2.45) is 0 Å². The lowest BCUT2D eigenvalue weighted by Crippen LogP contribution is -2.45. The number of nitrogens with one attached hydrogen (secondary N) is 1. The van der Waals surface area contributed by atoms with Crippen LogP contribution in [0.15, 0.2) is 54.7 Å². The molecule has 2 aromatic carbocycles. The van der Waals surface area contributed by atoms with Crippen LogP contribution >= 0.6 is 23.2 Å². The van der Waals surface area contributed by atoms with E-state index in [1.54, 1.807) is 37.6 Å². The number of methoxy groups -OCH3 is 1. The minimum atomic E-state index is -0.344. The molecule has 3 aromatic rings. The lowest BCUT2D eigenvalue weighted by Gasteiger charge is -2.28. The van der Waals surface area contributed by atoms with E-state index >= 15 is 0 Å². The maximum absolute atomic E-state index is 12.5. The molecule has 1 aliphatic rings. The number of hydrogen-bond donors (Lipinski definition) is 1. The van der Waals surface area contributed by atoms with Gasteiger partial charge in [0, 0.05) is 28.4 Å². The lowest BCUT2D eigenvalue weighted by atomic mass is 10.1. The molecule has 0 fully saturated rings. The molecule has 0 atom stereocenters. The number of carbonyl (C=O) groups excluding carboxylic acids is 2. The van der Waals surface area contributed by atoms with Gasteiger partial charge in [0.1, 0.15) is 12.3 Å². The molecule has 32 heavy (non-hydrogen) atoms. The van der Waals surface area contributed by atoms with Crippen molar-refractivity contribution in [1.29, 1.82) is 0 Å². The highest BCUT2D eigenvalue weighted by molar-refractivity contribution is 6.35. The van der Waals surface area contributed by atoms with Gasteiger partial charge in [-0.05, 0) is 47.5 Å². The first-order valence-electron chi connectivity index (χ1n) is 9.72. The fraction of sp³-hybridized carbons (Fsp3) is 0.174. The quantitative estimate of drug-likeness (QED) is 0.584. The zero-order valence-corrected chi connectivity index (χ0v) is 18.6. The predicted molar refractivity (Wildman–Crippen MR) is 122 cm³/mol.